The molecule has 0 saturated heterocycles. The summed E-state index contributed by atoms with van der Waals surface area (Å²) < 4.78 is 31.4. The first-order valence-electron chi connectivity index (χ1n) is 8.40. The Balaban J connectivity index is 0.000000159. The fourth-order valence-electron chi connectivity index (χ4n) is 2.69. The highest BCUT2D eigenvalue weighted by Gasteiger charge is 2.27. The largest absolute Gasteiger partial charge is 0.497 e. The lowest BCUT2D eigenvalue weighted by molar-refractivity contribution is 0.171. The Morgan fingerprint density at radius 2 is 1.41 bits per heavy atom. The molecule has 0 aromatic heterocycles. The molecule has 0 atom stereocenters. The highest BCUT2D eigenvalue weighted by atomic mass is 16.6. The van der Waals surface area contributed by atoms with Gasteiger partial charge in [0.05, 0.1) is 19.7 Å². The van der Waals surface area contributed by atoms with E-state index in [2.05, 4.69) is 0 Å². The van der Waals surface area contributed by atoms with E-state index in [1.165, 1.54) is 7.11 Å². The molecule has 2 aromatic carbocycles. The second kappa shape index (κ2) is 8.74. The first-order chi connectivity index (χ1) is 13.1. The van der Waals surface area contributed by atoms with Gasteiger partial charge < -0.3 is 38.5 Å². The van der Waals surface area contributed by atoms with E-state index in [-0.39, 0.29) is 5.46 Å². The maximum Gasteiger partial charge on any atom is 0.496 e. The second-order valence-corrected chi connectivity index (χ2v) is 5.59. The molecule has 0 spiro atoms. The van der Waals surface area contributed by atoms with Gasteiger partial charge in [-0.25, -0.2) is 0 Å². The number of hydrogen-bond donors (Lipinski definition) is 2. The van der Waals surface area contributed by atoms with Crippen LogP contribution >= 0.6 is 0 Å². The summed E-state index contributed by atoms with van der Waals surface area (Å²) in [6.45, 7) is 2.08. The van der Waals surface area contributed by atoms with Gasteiger partial charge in [0.15, 0.2) is 23.0 Å². The van der Waals surface area contributed by atoms with Crippen LogP contribution in [0.15, 0.2) is 30.3 Å². The zero-order valence-electron chi connectivity index (χ0n) is 15.1. The minimum Gasteiger partial charge on any atom is -0.497 e. The quantitative estimate of drug-likeness (QED) is 0.753. The van der Waals surface area contributed by atoms with Gasteiger partial charge in [-0.3, -0.25) is 0 Å². The van der Waals surface area contributed by atoms with Gasteiger partial charge in [0.1, 0.15) is 37.9 Å². The summed E-state index contributed by atoms with van der Waals surface area (Å²) in [5.74, 6) is 3.57. The molecule has 0 bridgehead atoms. The third-order valence-corrected chi connectivity index (χ3v) is 3.93. The van der Waals surface area contributed by atoms with Gasteiger partial charge in [0.25, 0.3) is 0 Å². The molecule has 4 rings (SSSR count). The fourth-order valence-corrected chi connectivity index (χ4v) is 2.69. The van der Waals surface area contributed by atoms with Crippen molar-refractivity contribution in [2.75, 3.05) is 40.6 Å². The first kappa shape index (κ1) is 19.0. The van der Waals surface area contributed by atoms with E-state index in [1.54, 1.807) is 19.2 Å². The molecule has 0 amide bonds. The van der Waals surface area contributed by atoms with Gasteiger partial charge in [-0.1, -0.05) is 0 Å². The van der Waals surface area contributed by atoms with Gasteiger partial charge in [-0.15, -0.1) is 0 Å². The van der Waals surface area contributed by atoms with Crippen molar-refractivity contribution in [3.05, 3.63) is 30.3 Å². The zero-order chi connectivity index (χ0) is 19.2. The summed E-state index contributed by atoms with van der Waals surface area (Å²) in [5, 5.41) is 18.5. The number of rotatable bonds is 3. The van der Waals surface area contributed by atoms with Crippen molar-refractivity contribution in [1.82, 2.24) is 0 Å². The molecular weight excluding hydrogens is 355 g/mol. The van der Waals surface area contributed by atoms with Crippen molar-refractivity contribution in [2.45, 2.75) is 0 Å². The van der Waals surface area contributed by atoms with Crippen LogP contribution in [-0.2, 0) is 0 Å². The molecule has 0 radical (unpaired) electrons. The van der Waals surface area contributed by atoms with Gasteiger partial charge in [0.2, 0.25) is 0 Å². The van der Waals surface area contributed by atoms with E-state index in [0.29, 0.717) is 43.7 Å². The lowest BCUT2D eigenvalue weighted by Crippen LogP contribution is -2.35. The van der Waals surface area contributed by atoms with Crippen LogP contribution in [0, 0.1) is 0 Å². The summed E-state index contributed by atoms with van der Waals surface area (Å²) in [6, 6.07) is 8.83. The summed E-state index contributed by atoms with van der Waals surface area (Å²) in [4.78, 5) is 0. The monoisotopic (exact) mass is 376 g/mol. The summed E-state index contributed by atoms with van der Waals surface area (Å²) in [5.41, 5.74) is 0.203. The molecule has 144 valence electrons. The van der Waals surface area contributed by atoms with Crippen molar-refractivity contribution < 1.29 is 38.5 Å². The Morgan fingerprint density at radius 3 is 2.07 bits per heavy atom. The van der Waals surface area contributed by atoms with Crippen LogP contribution in [0.4, 0.5) is 0 Å². The number of fused-ring (bicyclic) bond motifs is 2. The molecule has 0 saturated carbocycles. The average molecular weight is 376 g/mol. The normalized spacial score (nSPS) is 13.8. The summed E-state index contributed by atoms with van der Waals surface area (Å²) >= 11 is 0. The zero-order valence-corrected chi connectivity index (χ0v) is 15.1. The minimum atomic E-state index is -1.64. The molecule has 0 fully saturated rings. The van der Waals surface area contributed by atoms with Gasteiger partial charge in [-0.2, -0.15) is 0 Å². The number of ether oxygens (including phenoxy) is 6. The topological polar surface area (TPSA) is 95.8 Å². The van der Waals surface area contributed by atoms with Gasteiger partial charge >= 0.3 is 7.12 Å². The van der Waals surface area contributed by atoms with Crippen molar-refractivity contribution in [3.63, 3.8) is 0 Å². The predicted octanol–water partition coefficient (Wildman–Crippen LogP) is 0.613. The van der Waals surface area contributed by atoms with Crippen LogP contribution in [-0.4, -0.2) is 57.8 Å². The van der Waals surface area contributed by atoms with Gasteiger partial charge in [0, 0.05) is 6.07 Å². The van der Waals surface area contributed by atoms with Crippen LogP contribution in [0.5, 0.6) is 34.5 Å². The van der Waals surface area contributed by atoms with E-state index in [1.807, 2.05) is 18.2 Å². The maximum atomic E-state index is 9.23. The Kier molecular flexibility index (Phi) is 6.15. The molecule has 0 unspecified atom stereocenters. The molecule has 2 aliphatic heterocycles. The summed E-state index contributed by atoms with van der Waals surface area (Å²) in [6.07, 6.45) is 0. The number of hydrogen-bond acceptors (Lipinski definition) is 8. The maximum absolute atomic E-state index is 9.23. The third kappa shape index (κ3) is 4.32. The van der Waals surface area contributed by atoms with Crippen LogP contribution in [0.25, 0.3) is 0 Å². The van der Waals surface area contributed by atoms with Crippen LogP contribution < -0.4 is 33.9 Å². The van der Waals surface area contributed by atoms with E-state index in [9.17, 15) is 10.0 Å². The van der Waals surface area contributed by atoms with Crippen molar-refractivity contribution in [2.24, 2.45) is 0 Å². The Hall–Kier alpha value is -2.78. The Bertz CT molecular complexity index is 780. The van der Waals surface area contributed by atoms with Crippen molar-refractivity contribution in [1.29, 1.82) is 0 Å². The minimum absolute atomic E-state index is 0.203. The van der Waals surface area contributed by atoms with Crippen molar-refractivity contribution >= 4 is 12.6 Å². The lowest BCUT2D eigenvalue weighted by Gasteiger charge is -2.22. The standard InChI is InChI=1S/C9H11BO5.C9H10O3/c1-13-6-2-3-7-9(8(6)10(11)12)15-5-4-14-7;1-10-7-2-3-8-9(6-7)12-5-4-11-8/h2-3,11-12H,4-5H2,1H3;2-3,6H,4-5H2,1H3. The molecular formula is C18H21BO8. The lowest BCUT2D eigenvalue weighted by atomic mass is 9.78. The highest BCUT2D eigenvalue weighted by Crippen LogP contribution is 2.33. The first-order valence-corrected chi connectivity index (χ1v) is 8.40. The summed E-state index contributed by atoms with van der Waals surface area (Å²) in [7, 11) is 1.44. The Labute approximate surface area is 157 Å². The van der Waals surface area contributed by atoms with Crippen LogP contribution in [0.2, 0.25) is 0 Å². The molecule has 8 nitrogen and oxygen atoms in total. The fraction of sp³-hybridized carbons (Fsp3) is 0.333. The average Bonchev–Trinajstić information content (AvgIpc) is 2.72. The van der Waals surface area contributed by atoms with Crippen LogP contribution in [0.1, 0.15) is 0 Å². The van der Waals surface area contributed by atoms with Crippen LogP contribution in [0.3, 0.4) is 0 Å². The Morgan fingerprint density at radius 1 is 0.778 bits per heavy atom. The molecule has 2 N–H and O–H groups in total. The van der Waals surface area contributed by atoms with E-state index in [4.69, 9.17) is 28.4 Å². The molecule has 27 heavy (non-hydrogen) atoms. The smallest absolute Gasteiger partial charge is 0.496 e. The van der Waals surface area contributed by atoms with E-state index in [0.717, 1.165) is 17.2 Å². The molecule has 2 heterocycles. The second-order valence-electron chi connectivity index (χ2n) is 5.59. The highest BCUT2D eigenvalue weighted by molar-refractivity contribution is 6.61. The van der Waals surface area contributed by atoms with E-state index >= 15 is 0 Å². The van der Waals surface area contributed by atoms with Gasteiger partial charge in [-0.05, 0) is 24.3 Å². The molecule has 2 aromatic rings. The van der Waals surface area contributed by atoms with E-state index < -0.39 is 7.12 Å². The third-order valence-electron chi connectivity index (χ3n) is 3.93. The van der Waals surface area contributed by atoms with Crippen molar-refractivity contribution in [3.8, 4) is 34.5 Å². The molecule has 9 heteroatoms. The molecule has 2 aliphatic rings. The number of benzene rings is 2. The number of methoxy groups -OCH3 is 2. The SMILES string of the molecule is COc1ccc2c(c1)OCCO2.COc1ccc2c(c1B(O)O)OCCO2. The molecule has 0 aliphatic carbocycles. The predicted molar refractivity (Wildman–Crippen MR) is 97.8 cm³/mol.